The number of nitrogens with zero attached hydrogens (tertiary/aromatic N) is 1. The third-order valence-corrected chi connectivity index (χ3v) is 6.85. The van der Waals surface area contributed by atoms with Crippen molar-refractivity contribution >= 4 is 54.2 Å². The second-order valence-corrected chi connectivity index (χ2v) is 8.45. The van der Waals surface area contributed by atoms with Crippen molar-refractivity contribution in [2.75, 3.05) is 0 Å². The number of fused-ring (bicyclic) bond motifs is 4. The van der Waals surface area contributed by atoms with Crippen LogP contribution < -0.4 is 0 Å². The van der Waals surface area contributed by atoms with Gasteiger partial charge in [-0.1, -0.05) is 54.1 Å². The third-order valence-electron chi connectivity index (χ3n) is 5.21. The normalized spacial score (nSPS) is 11.6. The van der Waals surface area contributed by atoms with Crippen molar-refractivity contribution in [3.05, 3.63) is 90.0 Å². The van der Waals surface area contributed by atoms with Crippen LogP contribution >= 0.6 is 22.9 Å². The van der Waals surface area contributed by atoms with E-state index in [1.165, 1.54) is 21.0 Å². The fourth-order valence-corrected chi connectivity index (χ4v) is 5.12. The van der Waals surface area contributed by atoms with Gasteiger partial charge in [0.2, 0.25) is 5.89 Å². The van der Waals surface area contributed by atoms with E-state index in [4.69, 9.17) is 16.0 Å². The highest BCUT2D eigenvalue weighted by Gasteiger charge is 2.11. The Morgan fingerprint density at radius 2 is 1.52 bits per heavy atom. The average molecular weight is 412 g/mol. The lowest BCUT2D eigenvalue weighted by molar-refractivity contribution is 0.620. The van der Waals surface area contributed by atoms with Crippen LogP contribution in [0.15, 0.2) is 89.3 Å². The number of hydrogen-bond donors (Lipinski definition) is 0. The zero-order valence-corrected chi connectivity index (χ0v) is 16.8. The van der Waals surface area contributed by atoms with Crippen molar-refractivity contribution in [3.8, 4) is 22.6 Å². The molecule has 2 nitrogen and oxygen atoms in total. The first-order chi connectivity index (χ1) is 14.3. The minimum absolute atomic E-state index is 0.645. The summed E-state index contributed by atoms with van der Waals surface area (Å²) in [5, 5.41) is 3.27. The van der Waals surface area contributed by atoms with E-state index in [0.717, 1.165) is 31.9 Å². The average Bonchev–Trinajstić information content (AvgIpc) is 3.36. The van der Waals surface area contributed by atoms with Crippen LogP contribution in [0.25, 0.3) is 53.9 Å². The molecule has 0 amide bonds. The van der Waals surface area contributed by atoms with Gasteiger partial charge in [0.15, 0.2) is 5.58 Å². The van der Waals surface area contributed by atoms with Crippen molar-refractivity contribution in [1.82, 2.24) is 4.98 Å². The molecule has 0 fully saturated rings. The van der Waals surface area contributed by atoms with E-state index in [1.807, 2.05) is 36.4 Å². The number of rotatable bonds is 2. The fourth-order valence-electron chi connectivity index (χ4n) is 3.74. The molecule has 29 heavy (non-hydrogen) atoms. The summed E-state index contributed by atoms with van der Waals surface area (Å²) < 4.78 is 8.28. The molecule has 0 unspecified atom stereocenters. The van der Waals surface area contributed by atoms with Crippen molar-refractivity contribution < 1.29 is 4.42 Å². The van der Waals surface area contributed by atoms with Gasteiger partial charge in [-0.25, -0.2) is 4.98 Å². The monoisotopic (exact) mass is 411 g/mol. The van der Waals surface area contributed by atoms with Gasteiger partial charge in [0.25, 0.3) is 0 Å². The Hall–Kier alpha value is -3.14. The number of halogens is 1. The molecule has 0 spiro atoms. The van der Waals surface area contributed by atoms with Crippen molar-refractivity contribution in [3.63, 3.8) is 0 Å². The molecule has 6 aromatic rings. The Morgan fingerprint density at radius 1 is 0.724 bits per heavy atom. The maximum Gasteiger partial charge on any atom is 0.227 e. The van der Waals surface area contributed by atoms with Gasteiger partial charge >= 0.3 is 0 Å². The lowest BCUT2D eigenvalue weighted by atomic mass is 10.0. The van der Waals surface area contributed by atoms with Crippen molar-refractivity contribution in [2.45, 2.75) is 0 Å². The molecule has 4 aromatic carbocycles. The summed E-state index contributed by atoms with van der Waals surface area (Å²) in [6, 6.07) is 28.9. The summed E-state index contributed by atoms with van der Waals surface area (Å²) in [5.74, 6) is 0.645. The summed E-state index contributed by atoms with van der Waals surface area (Å²) in [6.07, 6.45) is 0. The largest absolute Gasteiger partial charge is 0.436 e. The number of benzene rings is 4. The van der Waals surface area contributed by atoms with Gasteiger partial charge in [-0.05, 0) is 53.6 Å². The second kappa shape index (κ2) is 6.45. The molecule has 6 rings (SSSR count). The van der Waals surface area contributed by atoms with Gasteiger partial charge in [-0.3, -0.25) is 0 Å². The van der Waals surface area contributed by atoms with Crippen LogP contribution in [-0.2, 0) is 0 Å². The van der Waals surface area contributed by atoms with Crippen molar-refractivity contribution in [1.29, 1.82) is 0 Å². The number of oxazole rings is 1. The topological polar surface area (TPSA) is 26.0 Å². The molecular formula is C25H14ClNOS. The predicted octanol–water partition coefficient (Wildman–Crippen LogP) is 8.18. The fraction of sp³-hybridized carbons (Fsp3) is 0. The lowest BCUT2D eigenvalue weighted by Crippen LogP contribution is -1.80. The summed E-state index contributed by atoms with van der Waals surface area (Å²) >= 11 is 8.13. The van der Waals surface area contributed by atoms with Crippen LogP contribution in [0.2, 0.25) is 5.02 Å². The van der Waals surface area contributed by atoms with Gasteiger partial charge in [-0.15, -0.1) is 11.3 Å². The number of para-hydroxylation sites is 2. The van der Waals surface area contributed by atoms with E-state index >= 15 is 0 Å². The smallest absolute Gasteiger partial charge is 0.227 e. The van der Waals surface area contributed by atoms with Crippen LogP contribution in [0.4, 0.5) is 0 Å². The zero-order valence-electron chi connectivity index (χ0n) is 15.2. The third kappa shape index (κ3) is 2.74. The highest BCUT2D eigenvalue weighted by molar-refractivity contribution is 7.26. The second-order valence-electron chi connectivity index (χ2n) is 6.99. The number of thiophene rings is 1. The molecule has 0 radical (unpaired) electrons. The van der Waals surface area contributed by atoms with E-state index in [0.29, 0.717) is 5.89 Å². The number of aromatic nitrogens is 1. The summed E-state index contributed by atoms with van der Waals surface area (Å²) in [5.41, 5.74) is 4.99. The van der Waals surface area contributed by atoms with E-state index in [9.17, 15) is 0 Å². The zero-order chi connectivity index (χ0) is 19.4. The van der Waals surface area contributed by atoms with Crippen LogP contribution in [0.1, 0.15) is 0 Å². The standard InChI is InChI=1S/C25H14ClNOS/c26-20-5-3-4-18-19-14-17(12-13-23(19)29-24(18)20)15-8-10-16(11-9-15)25-27-21-6-1-2-7-22(21)28-25/h1-14H. The van der Waals surface area contributed by atoms with Crippen LogP contribution in [0, 0.1) is 0 Å². The molecule has 2 aromatic heterocycles. The molecule has 4 heteroatoms. The highest BCUT2D eigenvalue weighted by atomic mass is 35.5. The SMILES string of the molecule is Clc1cccc2c1sc1ccc(-c3ccc(-c4nc5ccccc5o4)cc3)cc12. The summed E-state index contributed by atoms with van der Waals surface area (Å²) in [4.78, 5) is 4.58. The molecule has 0 saturated carbocycles. The maximum atomic E-state index is 6.39. The van der Waals surface area contributed by atoms with Gasteiger partial charge < -0.3 is 4.42 Å². The Kier molecular flexibility index (Phi) is 3.73. The van der Waals surface area contributed by atoms with E-state index < -0.39 is 0 Å². The first-order valence-electron chi connectivity index (χ1n) is 9.33. The first kappa shape index (κ1) is 16.8. The highest BCUT2D eigenvalue weighted by Crippen LogP contribution is 2.39. The Morgan fingerprint density at radius 3 is 2.38 bits per heavy atom. The van der Waals surface area contributed by atoms with Crippen LogP contribution in [0.5, 0.6) is 0 Å². The summed E-state index contributed by atoms with van der Waals surface area (Å²) in [7, 11) is 0. The maximum absolute atomic E-state index is 6.39. The Bertz CT molecular complexity index is 1480. The van der Waals surface area contributed by atoms with Crippen LogP contribution in [0.3, 0.4) is 0 Å². The molecule has 2 heterocycles. The predicted molar refractivity (Wildman–Crippen MR) is 123 cm³/mol. The Labute approximate surface area is 176 Å². The van der Waals surface area contributed by atoms with E-state index in [-0.39, 0.29) is 0 Å². The first-order valence-corrected chi connectivity index (χ1v) is 10.5. The Balaban J connectivity index is 1.42. The van der Waals surface area contributed by atoms with Gasteiger partial charge in [0, 0.05) is 21.0 Å². The van der Waals surface area contributed by atoms with Gasteiger partial charge in [0.1, 0.15) is 5.52 Å². The van der Waals surface area contributed by atoms with Crippen molar-refractivity contribution in [2.24, 2.45) is 0 Å². The molecular weight excluding hydrogens is 398 g/mol. The minimum atomic E-state index is 0.645. The molecule has 0 saturated heterocycles. The number of hydrogen-bond acceptors (Lipinski definition) is 3. The van der Waals surface area contributed by atoms with Gasteiger partial charge in [0.05, 0.1) is 9.72 Å². The molecule has 0 aliphatic carbocycles. The quantitative estimate of drug-likeness (QED) is 0.287. The van der Waals surface area contributed by atoms with E-state index in [1.54, 1.807) is 11.3 Å². The van der Waals surface area contributed by atoms with Gasteiger partial charge in [-0.2, -0.15) is 0 Å². The minimum Gasteiger partial charge on any atom is -0.436 e. The van der Waals surface area contributed by atoms with Crippen LogP contribution in [-0.4, -0.2) is 4.98 Å². The summed E-state index contributed by atoms with van der Waals surface area (Å²) in [6.45, 7) is 0. The molecule has 0 N–H and O–H groups in total. The molecule has 138 valence electrons. The molecule has 0 aliphatic rings. The molecule has 0 aliphatic heterocycles. The molecule has 0 bridgehead atoms. The van der Waals surface area contributed by atoms with E-state index in [2.05, 4.69) is 53.5 Å². The molecule has 0 atom stereocenters. The lowest BCUT2D eigenvalue weighted by Gasteiger charge is -2.04.